The van der Waals surface area contributed by atoms with Crippen molar-refractivity contribution in [3.05, 3.63) is 53.1 Å². The van der Waals surface area contributed by atoms with Crippen molar-refractivity contribution in [3.8, 4) is 5.75 Å². The number of aromatic carboxylic acids is 1. The van der Waals surface area contributed by atoms with E-state index < -0.39 is 16.0 Å². The molecule has 0 aliphatic rings. The van der Waals surface area contributed by atoms with Gasteiger partial charge in [0.25, 0.3) is 10.0 Å². The number of carbonyl (C=O) groups is 1. The Labute approximate surface area is 147 Å². The number of aryl methyl sites for hydroxylation is 1. The second-order valence-electron chi connectivity index (χ2n) is 5.67. The van der Waals surface area contributed by atoms with Crippen molar-refractivity contribution in [3.63, 3.8) is 0 Å². The number of nitrogens with one attached hydrogen (secondary N) is 1. The smallest absolute Gasteiger partial charge is 0.335 e. The molecule has 0 aromatic heterocycles. The second-order valence-corrected chi connectivity index (χ2v) is 7.32. The normalized spacial score (nSPS) is 11.2. The molecule has 2 N–H and O–H groups in total. The Balaban J connectivity index is 2.46. The summed E-state index contributed by atoms with van der Waals surface area (Å²) in [6.07, 6.45) is 0.792. The van der Waals surface area contributed by atoms with Crippen molar-refractivity contribution in [2.45, 2.75) is 32.1 Å². The molecule has 0 fully saturated rings. The Morgan fingerprint density at radius 2 is 1.88 bits per heavy atom. The molecule has 7 heteroatoms. The highest BCUT2D eigenvalue weighted by molar-refractivity contribution is 7.92. The number of carboxylic acid groups (broad SMARTS) is 1. The summed E-state index contributed by atoms with van der Waals surface area (Å²) in [5.74, 6) is -0.747. The molecule has 2 aromatic rings. The predicted molar refractivity (Wildman–Crippen MR) is 95.9 cm³/mol. The van der Waals surface area contributed by atoms with Crippen LogP contribution in [0.3, 0.4) is 0 Å². The van der Waals surface area contributed by atoms with Crippen molar-refractivity contribution in [1.82, 2.24) is 0 Å². The van der Waals surface area contributed by atoms with Gasteiger partial charge in [-0.15, -0.1) is 0 Å². The lowest BCUT2D eigenvalue weighted by molar-refractivity contribution is 0.0696. The van der Waals surface area contributed by atoms with Gasteiger partial charge in [0.05, 0.1) is 22.8 Å². The first-order valence-corrected chi connectivity index (χ1v) is 9.33. The van der Waals surface area contributed by atoms with E-state index in [4.69, 9.17) is 4.74 Å². The molecule has 0 unspecified atom stereocenters. The predicted octanol–water partition coefficient (Wildman–Crippen LogP) is 3.59. The van der Waals surface area contributed by atoms with E-state index in [-0.39, 0.29) is 10.5 Å². The minimum Gasteiger partial charge on any atom is -0.491 e. The fraction of sp³-hybridized carbons (Fsp3) is 0.278. The van der Waals surface area contributed by atoms with E-state index in [1.165, 1.54) is 12.1 Å². The number of benzene rings is 2. The van der Waals surface area contributed by atoms with Gasteiger partial charge in [0.2, 0.25) is 0 Å². The average Bonchev–Trinajstić information content (AvgIpc) is 2.55. The van der Waals surface area contributed by atoms with Gasteiger partial charge in [-0.05, 0) is 55.7 Å². The Kier molecular flexibility index (Phi) is 5.69. The number of anilines is 1. The van der Waals surface area contributed by atoms with Crippen LogP contribution >= 0.6 is 0 Å². The lowest BCUT2D eigenvalue weighted by Gasteiger charge is -2.15. The van der Waals surface area contributed by atoms with Crippen LogP contribution < -0.4 is 9.46 Å². The molecule has 0 amide bonds. The van der Waals surface area contributed by atoms with Crippen LogP contribution in [0.4, 0.5) is 5.69 Å². The third kappa shape index (κ3) is 4.30. The van der Waals surface area contributed by atoms with Gasteiger partial charge in [0, 0.05) is 0 Å². The van der Waals surface area contributed by atoms with Gasteiger partial charge < -0.3 is 9.84 Å². The largest absolute Gasteiger partial charge is 0.491 e. The molecule has 0 bridgehead atoms. The molecule has 0 spiro atoms. The molecule has 2 rings (SSSR count). The number of para-hydroxylation sites is 2. The summed E-state index contributed by atoms with van der Waals surface area (Å²) in [5.41, 5.74) is 1.34. The summed E-state index contributed by atoms with van der Waals surface area (Å²) < 4.78 is 33.7. The van der Waals surface area contributed by atoms with Crippen LogP contribution in [-0.2, 0) is 10.0 Å². The van der Waals surface area contributed by atoms with Gasteiger partial charge in [-0.1, -0.05) is 19.1 Å². The quantitative estimate of drug-likeness (QED) is 0.784. The SMILES string of the molecule is CCCOc1ccccc1NS(=O)(=O)c1cc(C(=O)O)cc(C)c1C. The molecule has 0 saturated carbocycles. The minimum absolute atomic E-state index is 0.0600. The number of hydrogen-bond donors (Lipinski definition) is 2. The number of carboxylic acids is 1. The average molecular weight is 363 g/mol. The second kappa shape index (κ2) is 7.57. The monoisotopic (exact) mass is 363 g/mol. The maximum atomic E-state index is 12.8. The molecule has 2 aromatic carbocycles. The van der Waals surface area contributed by atoms with Crippen molar-refractivity contribution in [2.24, 2.45) is 0 Å². The summed E-state index contributed by atoms with van der Waals surface area (Å²) in [6, 6.07) is 9.36. The van der Waals surface area contributed by atoms with Crippen molar-refractivity contribution < 1.29 is 23.1 Å². The lowest BCUT2D eigenvalue weighted by Crippen LogP contribution is -2.16. The van der Waals surface area contributed by atoms with E-state index in [1.54, 1.807) is 38.1 Å². The Hall–Kier alpha value is -2.54. The third-order valence-corrected chi connectivity index (χ3v) is 5.24. The zero-order valence-corrected chi connectivity index (χ0v) is 15.2. The van der Waals surface area contributed by atoms with Crippen LogP contribution in [0.15, 0.2) is 41.3 Å². The number of sulfonamides is 1. The van der Waals surface area contributed by atoms with E-state index in [2.05, 4.69) is 4.72 Å². The van der Waals surface area contributed by atoms with E-state index in [0.29, 0.717) is 29.2 Å². The van der Waals surface area contributed by atoms with Crippen LogP contribution in [0.2, 0.25) is 0 Å². The maximum Gasteiger partial charge on any atom is 0.335 e. The molecular formula is C18H21NO5S. The van der Waals surface area contributed by atoms with Crippen molar-refractivity contribution in [1.29, 1.82) is 0 Å². The van der Waals surface area contributed by atoms with E-state index in [1.807, 2.05) is 6.92 Å². The van der Waals surface area contributed by atoms with Gasteiger partial charge in [0.1, 0.15) is 5.75 Å². The topological polar surface area (TPSA) is 92.7 Å². The summed E-state index contributed by atoms with van der Waals surface area (Å²) >= 11 is 0. The molecule has 0 saturated heterocycles. The van der Waals surface area contributed by atoms with Gasteiger partial charge in [0.15, 0.2) is 0 Å². The summed E-state index contributed by atoms with van der Waals surface area (Å²) in [4.78, 5) is 11.2. The number of rotatable bonds is 7. The zero-order valence-electron chi connectivity index (χ0n) is 14.4. The fourth-order valence-electron chi connectivity index (χ4n) is 2.32. The van der Waals surface area contributed by atoms with Crippen LogP contribution in [0, 0.1) is 13.8 Å². The molecule has 6 nitrogen and oxygen atoms in total. The fourth-order valence-corrected chi connectivity index (χ4v) is 3.73. The van der Waals surface area contributed by atoms with Gasteiger partial charge in [-0.2, -0.15) is 0 Å². The first kappa shape index (κ1) is 18.8. The minimum atomic E-state index is -3.96. The van der Waals surface area contributed by atoms with Crippen LogP contribution in [0.1, 0.15) is 34.8 Å². The third-order valence-electron chi connectivity index (χ3n) is 3.75. The molecular weight excluding hydrogens is 342 g/mol. The van der Waals surface area contributed by atoms with Crippen LogP contribution in [0.5, 0.6) is 5.75 Å². The highest BCUT2D eigenvalue weighted by Gasteiger charge is 2.22. The van der Waals surface area contributed by atoms with Crippen molar-refractivity contribution in [2.75, 3.05) is 11.3 Å². The summed E-state index contributed by atoms with van der Waals surface area (Å²) in [6.45, 7) is 5.75. The zero-order chi connectivity index (χ0) is 18.6. The van der Waals surface area contributed by atoms with Crippen molar-refractivity contribution >= 4 is 21.7 Å². The lowest BCUT2D eigenvalue weighted by atomic mass is 10.1. The standard InChI is InChI=1S/C18H21NO5S/c1-4-9-24-16-8-6-5-7-15(16)19-25(22,23)17-11-14(18(20)21)10-12(2)13(17)3/h5-8,10-11,19H,4,9H2,1-3H3,(H,20,21). The van der Waals surface area contributed by atoms with Gasteiger partial charge >= 0.3 is 5.97 Å². The first-order valence-electron chi connectivity index (χ1n) is 7.85. The molecule has 0 heterocycles. The highest BCUT2D eigenvalue weighted by Crippen LogP contribution is 2.29. The van der Waals surface area contributed by atoms with Crippen LogP contribution in [-0.4, -0.2) is 26.1 Å². The van der Waals surface area contributed by atoms with E-state index in [9.17, 15) is 18.3 Å². The molecule has 0 atom stereocenters. The number of ether oxygens (including phenoxy) is 1. The maximum absolute atomic E-state index is 12.8. The molecule has 134 valence electrons. The van der Waals surface area contributed by atoms with Crippen LogP contribution in [0.25, 0.3) is 0 Å². The summed E-state index contributed by atoms with van der Waals surface area (Å²) in [5, 5.41) is 9.19. The Bertz CT molecular complexity index is 890. The first-order chi connectivity index (χ1) is 11.8. The number of hydrogen-bond acceptors (Lipinski definition) is 4. The van der Waals surface area contributed by atoms with E-state index >= 15 is 0 Å². The molecule has 0 aliphatic carbocycles. The van der Waals surface area contributed by atoms with Gasteiger partial charge in [-0.25, -0.2) is 13.2 Å². The molecule has 0 radical (unpaired) electrons. The molecule has 0 aliphatic heterocycles. The molecule has 25 heavy (non-hydrogen) atoms. The highest BCUT2D eigenvalue weighted by atomic mass is 32.2. The van der Waals surface area contributed by atoms with Gasteiger partial charge in [-0.3, -0.25) is 4.72 Å². The van der Waals surface area contributed by atoms with E-state index in [0.717, 1.165) is 6.42 Å². The Morgan fingerprint density at radius 1 is 1.20 bits per heavy atom. The Morgan fingerprint density at radius 3 is 2.52 bits per heavy atom. The summed E-state index contributed by atoms with van der Waals surface area (Å²) in [7, 11) is -3.96.